The number of ketones is 1. The zero-order valence-electron chi connectivity index (χ0n) is 8.38. The van der Waals surface area contributed by atoms with Gasteiger partial charge in [0.1, 0.15) is 5.78 Å². The van der Waals surface area contributed by atoms with Crippen molar-refractivity contribution in [1.82, 2.24) is 5.32 Å². The highest BCUT2D eigenvalue weighted by molar-refractivity contribution is 5.84. The Morgan fingerprint density at radius 1 is 1.38 bits per heavy atom. The number of hydrogen-bond acceptors (Lipinski definition) is 2. The molecule has 0 amide bonds. The van der Waals surface area contributed by atoms with Crippen LogP contribution in [0.15, 0.2) is 0 Å². The molecule has 2 heteroatoms. The van der Waals surface area contributed by atoms with E-state index in [0.717, 1.165) is 12.3 Å². The van der Waals surface area contributed by atoms with E-state index in [2.05, 4.69) is 5.32 Å². The van der Waals surface area contributed by atoms with Crippen LogP contribution in [-0.4, -0.2) is 17.9 Å². The SMILES string of the molecule is CCC(=O)C1CC2CCCCC2N1. The van der Waals surface area contributed by atoms with Crippen LogP contribution in [0.2, 0.25) is 0 Å². The number of hydrogen-bond donors (Lipinski definition) is 1. The van der Waals surface area contributed by atoms with Gasteiger partial charge in [-0.2, -0.15) is 0 Å². The van der Waals surface area contributed by atoms with E-state index in [1.807, 2.05) is 6.92 Å². The van der Waals surface area contributed by atoms with Crippen LogP contribution in [0.4, 0.5) is 0 Å². The molecule has 1 N–H and O–H groups in total. The van der Waals surface area contributed by atoms with E-state index in [-0.39, 0.29) is 6.04 Å². The molecule has 0 radical (unpaired) electrons. The van der Waals surface area contributed by atoms with Crippen LogP contribution in [0, 0.1) is 5.92 Å². The van der Waals surface area contributed by atoms with Crippen LogP contribution in [0.5, 0.6) is 0 Å². The third kappa shape index (κ3) is 1.78. The second-order valence-electron chi connectivity index (χ2n) is 4.43. The van der Waals surface area contributed by atoms with Gasteiger partial charge in [-0.25, -0.2) is 0 Å². The van der Waals surface area contributed by atoms with Gasteiger partial charge in [0.15, 0.2) is 0 Å². The first-order valence-electron chi connectivity index (χ1n) is 5.60. The first kappa shape index (κ1) is 9.20. The van der Waals surface area contributed by atoms with Crippen LogP contribution in [-0.2, 0) is 4.79 Å². The monoisotopic (exact) mass is 181 g/mol. The molecule has 0 aromatic carbocycles. The molecular weight excluding hydrogens is 162 g/mol. The minimum Gasteiger partial charge on any atom is -0.304 e. The first-order chi connectivity index (χ1) is 6.31. The van der Waals surface area contributed by atoms with Crippen molar-refractivity contribution in [2.24, 2.45) is 5.92 Å². The maximum absolute atomic E-state index is 11.5. The zero-order valence-corrected chi connectivity index (χ0v) is 8.38. The Morgan fingerprint density at radius 3 is 2.85 bits per heavy atom. The van der Waals surface area contributed by atoms with Crippen molar-refractivity contribution in [1.29, 1.82) is 0 Å². The minimum absolute atomic E-state index is 0.193. The molecule has 3 atom stereocenters. The van der Waals surface area contributed by atoms with Gasteiger partial charge in [-0.15, -0.1) is 0 Å². The largest absolute Gasteiger partial charge is 0.304 e. The Morgan fingerprint density at radius 2 is 2.15 bits per heavy atom. The summed E-state index contributed by atoms with van der Waals surface area (Å²) < 4.78 is 0. The molecule has 2 aliphatic rings. The fraction of sp³-hybridized carbons (Fsp3) is 0.909. The van der Waals surface area contributed by atoms with E-state index in [4.69, 9.17) is 0 Å². The van der Waals surface area contributed by atoms with Gasteiger partial charge < -0.3 is 5.32 Å². The second-order valence-corrected chi connectivity index (χ2v) is 4.43. The van der Waals surface area contributed by atoms with Crippen molar-refractivity contribution in [2.75, 3.05) is 0 Å². The Bertz CT molecular complexity index is 188. The number of fused-ring (bicyclic) bond motifs is 1. The van der Waals surface area contributed by atoms with E-state index >= 15 is 0 Å². The third-order valence-electron chi connectivity index (χ3n) is 3.60. The van der Waals surface area contributed by atoms with E-state index in [0.29, 0.717) is 18.2 Å². The van der Waals surface area contributed by atoms with E-state index in [1.54, 1.807) is 0 Å². The molecule has 1 saturated carbocycles. The second kappa shape index (κ2) is 3.79. The van der Waals surface area contributed by atoms with Crippen LogP contribution in [0.25, 0.3) is 0 Å². The van der Waals surface area contributed by atoms with Gasteiger partial charge in [0.05, 0.1) is 6.04 Å². The molecule has 2 nitrogen and oxygen atoms in total. The lowest BCUT2D eigenvalue weighted by Gasteiger charge is -2.24. The Kier molecular flexibility index (Phi) is 2.68. The summed E-state index contributed by atoms with van der Waals surface area (Å²) in [6.45, 7) is 1.96. The molecule has 0 bridgehead atoms. The third-order valence-corrected chi connectivity index (χ3v) is 3.60. The number of rotatable bonds is 2. The zero-order chi connectivity index (χ0) is 9.26. The molecule has 1 aliphatic carbocycles. The average Bonchev–Trinajstić information content (AvgIpc) is 2.59. The summed E-state index contributed by atoms with van der Waals surface area (Å²) in [4.78, 5) is 11.5. The summed E-state index contributed by atoms with van der Waals surface area (Å²) in [5.41, 5.74) is 0. The summed E-state index contributed by atoms with van der Waals surface area (Å²) in [5.74, 6) is 1.21. The van der Waals surface area contributed by atoms with Gasteiger partial charge in [0, 0.05) is 12.5 Å². The first-order valence-corrected chi connectivity index (χ1v) is 5.60. The molecule has 0 aromatic heterocycles. The van der Waals surface area contributed by atoms with Gasteiger partial charge >= 0.3 is 0 Å². The van der Waals surface area contributed by atoms with Crippen LogP contribution < -0.4 is 5.32 Å². The lowest BCUT2D eigenvalue weighted by atomic mass is 9.85. The van der Waals surface area contributed by atoms with Gasteiger partial charge in [0.2, 0.25) is 0 Å². The van der Waals surface area contributed by atoms with Gasteiger partial charge in [-0.1, -0.05) is 19.8 Å². The predicted octanol–water partition coefficient (Wildman–Crippen LogP) is 1.89. The number of Topliss-reactive ketones (excluding diaryl/α,β-unsaturated/α-hetero) is 1. The molecule has 13 heavy (non-hydrogen) atoms. The number of carbonyl (C=O) groups excluding carboxylic acids is 1. The average molecular weight is 181 g/mol. The topological polar surface area (TPSA) is 29.1 Å². The lowest BCUT2D eigenvalue weighted by molar-refractivity contribution is -0.120. The van der Waals surface area contributed by atoms with E-state index in [9.17, 15) is 4.79 Å². The van der Waals surface area contributed by atoms with E-state index in [1.165, 1.54) is 25.7 Å². The van der Waals surface area contributed by atoms with Gasteiger partial charge in [-0.05, 0) is 25.2 Å². The maximum atomic E-state index is 11.5. The Balaban J connectivity index is 1.94. The fourth-order valence-electron chi connectivity index (χ4n) is 2.81. The van der Waals surface area contributed by atoms with Crippen molar-refractivity contribution in [3.05, 3.63) is 0 Å². The Labute approximate surface area is 80.1 Å². The van der Waals surface area contributed by atoms with Crippen LogP contribution >= 0.6 is 0 Å². The van der Waals surface area contributed by atoms with Crippen LogP contribution in [0.1, 0.15) is 45.4 Å². The number of nitrogens with one attached hydrogen (secondary N) is 1. The summed E-state index contributed by atoms with van der Waals surface area (Å²) >= 11 is 0. The van der Waals surface area contributed by atoms with Crippen LogP contribution in [0.3, 0.4) is 0 Å². The standard InChI is InChI=1S/C11H19NO/c1-2-11(13)10-7-8-5-3-4-6-9(8)12-10/h8-10,12H,2-7H2,1H3. The summed E-state index contributed by atoms with van der Waals surface area (Å²) in [6, 6.07) is 0.854. The van der Waals surface area contributed by atoms with Gasteiger partial charge in [0.25, 0.3) is 0 Å². The van der Waals surface area contributed by atoms with Crippen molar-refractivity contribution >= 4 is 5.78 Å². The molecule has 0 spiro atoms. The molecule has 2 rings (SSSR count). The highest BCUT2D eigenvalue weighted by Crippen LogP contribution is 2.33. The van der Waals surface area contributed by atoms with E-state index < -0.39 is 0 Å². The molecule has 74 valence electrons. The summed E-state index contributed by atoms with van der Waals surface area (Å²) in [7, 11) is 0. The molecule has 3 unspecified atom stereocenters. The molecular formula is C11H19NO. The molecule has 1 saturated heterocycles. The molecule has 1 heterocycles. The fourth-order valence-corrected chi connectivity index (χ4v) is 2.81. The quantitative estimate of drug-likeness (QED) is 0.704. The molecule has 0 aromatic rings. The van der Waals surface area contributed by atoms with Crippen molar-refractivity contribution in [3.63, 3.8) is 0 Å². The normalized spacial score (nSPS) is 38.7. The highest BCUT2D eigenvalue weighted by atomic mass is 16.1. The summed E-state index contributed by atoms with van der Waals surface area (Å²) in [6.07, 6.45) is 7.15. The predicted molar refractivity (Wildman–Crippen MR) is 52.6 cm³/mol. The molecule has 1 aliphatic heterocycles. The highest BCUT2D eigenvalue weighted by Gasteiger charge is 2.37. The smallest absolute Gasteiger partial charge is 0.149 e. The Hall–Kier alpha value is -0.370. The van der Waals surface area contributed by atoms with Crippen molar-refractivity contribution in [2.45, 2.75) is 57.5 Å². The van der Waals surface area contributed by atoms with Crippen molar-refractivity contribution < 1.29 is 4.79 Å². The summed E-state index contributed by atoms with van der Waals surface area (Å²) in [5, 5.41) is 3.49. The maximum Gasteiger partial charge on any atom is 0.149 e. The number of carbonyl (C=O) groups is 1. The lowest BCUT2D eigenvalue weighted by Crippen LogP contribution is -2.36. The van der Waals surface area contributed by atoms with Crippen molar-refractivity contribution in [3.8, 4) is 0 Å². The minimum atomic E-state index is 0.193. The van der Waals surface area contributed by atoms with Gasteiger partial charge in [-0.3, -0.25) is 4.79 Å². The molecule has 2 fully saturated rings.